The van der Waals surface area contributed by atoms with Gasteiger partial charge in [-0.3, -0.25) is 9.52 Å². The Labute approximate surface area is 167 Å². The van der Waals surface area contributed by atoms with Crippen LogP contribution in [0.1, 0.15) is 11.3 Å². The molecule has 0 fully saturated rings. The van der Waals surface area contributed by atoms with E-state index in [0.29, 0.717) is 18.7 Å². The Bertz CT molecular complexity index is 1030. The molecular formula is C19H19N3O4S2. The van der Waals surface area contributed by atoms with E-state index in [0.717, 1.165) is 16.9 Å². The highest BCUT2D eigenvalue weighted by Crippen LogP contribution is 2.20. The fourth-order valence-electron chi connectivity index (χ4n) is 2.44. The minimum absolute atomic E-state index is 0.0686. The van der Waals surface area contributed by atoms with Gasteiger partial charge in [0.2, 0.25) is 5.91 Å². The van der Waals surface area contributed by atoms with Gasteiger partial charge >= 0.3 is 0 Å². The zero-order chi connectivity index (χ0) is 20.0. The standard InChI is InChI=1S/C19H19N3O4S2/c23-16-8-6-14(7-9-16)10-11-20-18(24)12-15-13-27-19(21-15)22-28(25,26)17-4-2-1-3-5-17/h1-9,13,23H,10-12H2,(H,20,24)(H,21,22). The summed E-state index contributed by atoms with van der Waals surface area (Å²) in [6.45, 7) is 0.460. The number of amides is 1. The predicted octanol–water partition coefficient (Wildman–Crippen LogP) is 2.55. The van der Waals surface area contributed by atoms with Gasteiger partial charge in [-0.1, -0.05) is 30.3 Å². The molecule has 0 atom stereocenters. The summed E-state index contributed by atoms with van der Waals surface area (Å²) in [7, 11) is -3.70. The lowest BCUT2D eigenvalue weighted by Gasteiger charge is -2.05. The monoisotopic (exact) mass is 417 g/mol. The highest BCUT2D eigenvalue weighted by Gasteiger charge is 2.16. The molecule has 7 nitrogen and oxygen atoms in total. The highest BCUT2D eigenvalue weighted by atomic mass is 32.2. The van der Waals surface area contributed by atoms with Crippen molar-refractivity contribution in [2.45, 2.75) is 17.7 Å². The van der Waals surface area contributed by atoms with E-state index in [1.54, 1.807) is 47.8 Å². The van der Waals surface area contributed by atoms with Crippen molar-refractivity contribution in [1.82, 2.24) is 10.3 Å². The molecule has 3 rings (SSSR count). The number of carbonyl (C=O) groups is 1. The zero-order valence-corrected chi connectivity index (χ0v) is 16.5. The van der Waals surface area contributed by atoms with Crippen LogP contribution in [-0.4, -0.2) is 31.0 Å². The number of aromatic hydroxyl groups is 1. The van der Waals surface area contributed by atoms with Crippen LogP contribution < -0.4 is 10.0 Å². The predicted molar refractivity (Wildman–Crippen MR) is 108 cm³/mol. The molecule has 1 heterocycles. The molecule has 0 saturated heterocycles. The van der Waals surface area contributed by atoms with Crippen molar-refractivity contribution < 1.29 is 18.3 Å². The Morgan fingerprint density at radius 3 is 2.50 bits per heavy atom. The fraction of sp³-hybridized carbons (Fsp3) is 0.158. The molecule has 9 heteroatoms. The maximum atomic E-state index is 12.3. The summed E-state index contributed by atoms with van der Waals surface area (Å²) in [5, 5.41) is 13.9. The number of benzene rings is 2. The van der Waals surface area contributed by atoms with Gasteiger partial charge in [0.1, 0.15) is 5.75 Å². The van der Waals surface area contributed by atoms with Gasteiger partial charge in [-0.25, -0.2) is 13.4 Å². The second-order valence-electron chi connectivity index (χ2n) is 6.01. The summed E-state index contributed by atoms with van der Waals surface area (Å²) in [4.78, 5) is 16.4. The second kappa shape index (κ2) is 8.85. The number of aromatic nitrogens is 1. The van der Waals surface area contributed by atoms with Gasteiger partial charge in [0.15, 0.2) is 5.13 Å². The number of thiazole rings is 1. The Hall–Kier alpha value is -2.91. The number of phenolic OH excluding ortho intramolecular Hbond substituents is 1. The van der Waals surface area contributed by atoms with Gasteiger partial charge in [-0.05, 0) is 36.2 Å². The first-order chi connectivity index (χ1) is 13.4. The maximum absolute atomic E-state index is 12.3. The first-order valence-corrected chi connectivity index (χ1v) is 10.9. The summed E-state index contributed by atoms with van der Waals surface area (Å²) in [6.07, 6.45) is 0.713. The number of carbonyl (C=O) groups excluding carboxylic acids is 1. The smallest absolute Gasteiger partial charge is 0.263 e. The second-order valence-corrected chi connectivity index (χ2v) is 8.55. The van der Waals surface area contributed by atoms with Crippen LogP contribution in [0.2, 0.25) is 0 Å². The highest BCUT2D eigenvalue weighted by molar-refractivity contribution is 7.93. The number of hydrogen-bond acceptors (Lipinski definition) is 6. The van der Waals surface area contributed by atoms with Crippen LogP contribution in [0.15, 0.2) is 64.9 Å². The third-order valence-electron chi connectivity index (χ3n) is 3.84. The zero-order valence-electron chi connectivity index (χ0n) is 14.8. The van der Waals surface area contributed by atoms with E-state index in [-0.39, 0.29) is 28.1 Å². The summed E-state index contributed by atoms with van der Waals surface area (Å²) in [5.74, 6) is 0.0107. The summed E-state index contributed by atoms with van der Waals surface area (Å²) >= 11 is 1.13. The van der Waals surface area contributed by atoms with Crippen molar-refractivity contribution >= 4 is 32.4 Å². The normalized spacial score (nSPS) is 11.1. The SMILES string of the molecule is O=C(Cc1csc(NS(=O)(=O)c2ccccc2)n1)NCCc1ccc(O)cc1. The molecular weight excluding hydrogens is 398 g/mol. The number of phenols is 1. The van der Waals surface area contributed by atoms with Crippen molar-refractivity contribution in [3.63, 3.8) is 0 Å². The molecule has 0 saturated carbocycles. The first kappa shape index (κ1) is 19.8. The number of rotatable bonds is 8. The lowest BCUT2D eigenvalue weighted by Crippen LogP contribution is -2.27. The molecule has 1 aromatic heterocycles. The quantitative estimate of drug-likeness (QED) is 0.522. The lowest BCUT2D eigenvalue weighted by atomic mass is 10.1. The number of nitrogens with zero attached hydrogens (tertiary/aromatic N) is 1. The van der Waals surface area contributed by atoms with E-state index in [2.05, 4.69) is 15.0 Å². The van der Waals surface area contributed by atoms with Crippen molar-refractivity contribution in [3.8, 4) is 5.75 Å². The molecule has 2 aromatic carbocycles. The van der Waals surface area contributed by atoms with Crippen molar-refractivity contribution in [1.29, 1.82) is 0 Å². The van der Waals surface area contributed by atoms with Gasteiger partial charge < -0.3 is 10.4 Å². The maximum Gasteiger partial charge on any atom is 0.263 e. The number of nitrogens with one attached hydrogen (secondary N) is 2. The molecule has 0 aliphatic carbocycles. The molecule has 0 aliphatic heterocycles. The molecule has 1 amide bonds. The largest absolute Gasteiger partial charge is 0.508 e. The number of sulfonamides is 1. The van der Waals surface area contributed by atoms with Crippen LogP contribution >= 0.6 is 11.3 Å². The van der Waals surface area contributed by atoms with Crippen LogP contribution in [0.25, 0.3) is 0 Å². The van der Waals surface area contributed by atoms with Crippen LogP contribution in [0.3, 0.4) is 0 Å². The molecule has 3 N–H and O–H groups in total. The molecule has 0 aliphatic rings. The van der Waals surface area contributed by atoms with Crippen molar-refractivity contribution in [2.75, 3.05) is 11.3 Å². The Morgan fingerprint density at radius 1 is 1.07 bits per heavy atom. The third-order valence-corrected chi connectivity index (χ3v) is 6.13. The Kier molecular flexibility index (Phi) is 6.27. The van der Waals surface area contributed by atoms with Gasteiger partial charge in [-0.15, -0.1) is 11.3 Å². The Morgan fingerprint density at radius 2 is 1.79 bits per heavy atom. The summed E-state index contributed by atoms with van der Waals surface area (Å²) in [5.41, 5.74) is 1.50. The van der Waals surface area contributed by atoms with Crippen molar-refractivity contribution in [3.05, 3.63) is 71.2 Å². The van der Waals surface area contributed by atoms with Crippen LogP contribution in [0.4, 0.5) is 5.13 Å². The minimum Gasteiger partial charge on any atom is -0.508 e. The van der Waals surface area contributed by atoms with Gasteiger partial charge in [0.25, 0.3) is 10.0 Å². The van der Waals surface area contributed by atoms with E-state index in [9.17, 15) is 18.3 Å². The topological polar surface area (TPSA) is 108 Å². The average molecular weight is 418 g/mol. The van der Waals surface area contributed by atoms with E-state index in [4.69, 9.17) is 0 Å². The average Bonchev–Trinajstić information content (AvgIpc) is 3.10. The molecule has 0 radical (unpaired) electrons. The Balaban J connectivity index is 1.50. The van der Waals surface area contributed by atoms with E-state index in [1.165, 1.54) is 12.1 Å². The number of hydrogen-bond donors (Lipinski definition) is 3. The first-order valence-electron chi connectivity index (χ1n) is 8.49. The molecule has 0 bridgehead atoms. The van der Waals surface area contributed by atoms with E-state index < -0.39 is 10.0 Å². The molecule has 28 heavy (non-hydrogen) atoms. The molecule has 0 spiro atoms. The van der Waals surface area contributed by atoms with Crippen LogP contribution in [0, 0.1) is 0 Å². The third kappa shape index (κ3) is 5.54. The van der Waals surface area contributed by atoms with Crippen LogP contribution in [-0.2, 0) is 27.7 Å². The minimum atomic E-state index is -3.70. The van der Waals surface area contributed by atoms with Crippen LogP contribution in [0.5, 0.6) is 5.75 Å². The van der Waals surface area contributed by atoms with E-state index in [1.807, 2.05) is 0 Å². The van der Waals surface area contributed by atoms with Crippen molar-refractivity contribution in [2.24, 2.45) is 0 Å². The van der Waals surface area contributed by atoms with Gasteiger partial charge in [0, 0.05) is 11.9 Å². The number of anilines is 1. The lowest BCUT2D eigenvalue weighted by molar-refractivity contribution is -0.120. The fourth-order valence-corrected chi connectivity index (χ4v) is 4.43. The molecule has 0 unspecified atom stereocenters. The summed E-state index contributed by atoms with van der Waals surface area (Å²) < 4.78 is 27.0. The summed E-state index contributed by atoms with van der Waals surface area (Å²) in [6, 6.07) is 14.8. The molecule has 146 valence electrons. The van der Waals surface area contributed by atoms with Gasteiger partial charge in [0.05, 0.1) is 17.0 Å². The van der Waals surface area contributed by atoms with E-state index >= 15 is 0 Å². The molecule has 3 aromatic rings. The van der Waals surface area contributed by atoms with Gasteiger partial charge in [-0.2, -0.15) is 0 Å².